The van der Waals surface area contributed by atoms with Gasteiger partial charge in [-0.25, -0.2) is 0 Å². The van der Waals surface area contributed by atoms with Gasteiger partial charge in [0.15, 0.2) is 5.60 Å². The minimum atomic E-state index is -0.611. The minimum absolute atomic E-state index is 0.443. The van der Waals surface area contributed by atoms with E-state index in [-0.39, 0.29) is 0 Å². The van der Waals surface area contributed by atoms with Gasteiger partial charge in [0.1, 0.15) is 0 Å². The Morgan fingerprint density at radius 2 is 2.30 bits per heavy atom. The molecule has 0 spiro atoms. The number of hydrogen-bond donors (Lipinski definition) is 0. The molecule has 2 aromatic heterocycles. The molecule has 7 nitrogen and oxygen atoms in total. The topological polar surface area (TPSA) is 75.2 Å². The fraction of sp³-hybridized carbons (Fsp3) is 0.615. The highest BCUT2D eigenvalue weighted by Crippen LogP contribution is 2.34. The Morgan fingerprint density at radius 3 is 2.95 bits per heavy atom. The van der Waals surface area contributed by atoms with Crippen LogP contribution in [-0.4, -0.2) is 40.3 Å². The Hall–Kier alpha value is -1.73. The first kappa shape index (κ1) is 13.3. The highest BCUT2D eigenvalue weighted by Gasteiger charge is 2.42. The molecule has 0 radical (unpaired) electrons. The molecule has 1 fully saturated rings. The highest BCUT2D eigenvalue weighted by atomic mass is 16.6. The summed E-state index contributed by atoms with van der Waals surface area (Å²) in [6.45, 7) is 3.15. The number of hydrogen-bond acceptors (Lipinski definition) is 6. The molecule has 108 valence electrons. The van der Waals surface area contributed by atoms with Crippen LogP contribution in [0.2, 0.25) is 0 Å². The standard InChI is InChI=1S/C13H18N4O3/c1-4-10-9(7-14-17(10)2)11-15-16-12(20-11)13(18-3)5-6-19-8-13/h7H,4-6,8H2,1-3H3. The summed E-state index contributed by atoms with van der Waals surface area (Å²) < 4.78 is 18.6. The molecule has 20 heavy (non-hydrogen) atoms. The van der Waals surface area contributed by atoms with Crippen molar-refractivity contribution in [3.05, 3.63) is 17.8 Å². The van der Waals surface area contributed by atoms with E-state index in [0.29, 0.717) is 25.0 Å². The third-order valence-corrected chi connectivity index (χ3v) is 3.82. The minimum Gasteiger partial charge on any atom is -0.417 e. The van der Waals surface area contributed by atoms with Crippen molar-refractivity contribution in [3.63, 3.8) is 0 Å². The van der Waals surface area contributed by atoms with E-state index >= 15 is 0 Å². The van der Waals surface area contributed by atoms with Gasteiger partial charge in [0.05, 0.1) is 30.7 Å². The summed E-state index contributed by atoms with van der Waals surface area (Å²) in [4.78, 5) is 0. The monoisotopic (exact) mass is 278 g/mol. The van der Waals surface area contributed by atoms with Crippen LogP contribution in [0.3, 0.4) is 0 Å². The number of rotatable bonds is 4. The second-order valence-electron chi connectivity index (χ2n) is 4.90. The van der Waals surface area contributed by atoms with E-state index in [0.717, 1.165) is 24.1 Å². The number of nitrogens with zero attached hydrogens (tertiary/aromatic N) is 4. The summed E-state index contributed by atoms with van der Waals surface area (Å²) in [6.07, 6.45) is 3.32. The molecule has 1 atom stereocenters. The summed E-state index contributed by atoms with van der Waals surface area (Å²) in [5.41, 5.74) is 1.33. The Bertz CT molecular complexity index is 599. The lowest BCUT2D eigenvalue weighted by atomic mass is 10.0. The molecule has 7 heteroatoms. The third kappa shape index (κ3) is 1.94. The lowest BCUT2D eigenvalue weighted by Gasteiger charge is -2.20. The molecular formula is C13H18N4O3. The van der Waals surface area contributed by atoms with E-state index in [1.807, 2.05) is 11.7 Å². The summed E-state index contributed by atoms with van der Waals surface area (Å²) in [7, 11) is 3.54. The van der Waals surface area contributed by atoms with E-state index in [4.69, 9.17) is 13.9 Å². The van der Waals surface area contributed by atoms with Crippen molar-refractivity contribution in [1.29, 1.82) is 0 Å². The maximum atomic E-state index is 5.82. The van der Waals surface area contributed by atoms with Crippen LogP contribution >= 0.6 is 0 Å². The Balaban J connectivity index is 1.97. The summed E-state index contributed by atoms with van der Waals surface area (Å²) in [5, 5.41) is 12.5. The van der Waals surface area contributed by atoms with Crippen LogP contribution in [0, 0.1) is 0 Å². The van der Waals surface area contributed by atoms with Crippen molar-refractivity contribution < 1.29 is 13.9 Å². The van der Waals surface area contributed by atoms with E-state index in [9.17, 15) is 0 Å². The lowest BCUT2D eigenvalue weighted by molar-refractivity contribution is -0.0407. The SMILES string of the molecule is CCc1c(-c2nnc(C3(OC)CCOC3)o2)cnn1C. The van der Waals surface area contributed by atoms with Crippen LogP contribution < -0.4 is 0 Å². The summed E-state index contributed by atoms with van der Waals surface area (Å²) >= 11 is 0. The normalized spacial score (nSPS) is 22.6. The van der Waals surface area contributed by atoms with Crippen LogP contribution in [0.15, 0.2) is 10.6 Å². The van der Waals surface area contributed by atoms with Gasteiger partial charge in [-0.05, 0) is 6.42 Å². The first-order valence-electron chi connectivity index (χ1n) is 6.68. The third-order valence-electron chi connectivity index (χ3n) is 3.82. The van der Waals surface area contributed by atoms with Gasteiger partial charge in [0, 0.05) is 20.6 Å². The molecule has 3 heterocycles. The zero-order valence-electron chi connectivity index (χ0n) is 11.9. The van der Waals surface area contributed by atoms with Crippen LogP contribution in [0.5, 0.6) is 0 Å². The van der Waals surface area contributed by atoms with Crippen molar-refractivity contribution in [1.82, 2.24) is 20.0 Å². The van der Waals surface area contributed by atoms with Crippen molar-refractivity contribution in [2.75, 3.05) is 20.3 Å². The van der Waals surface area contributed by atoms with Gasteiger partial charge in [-0.2, -0.15) is 5.10 Å². The van der Waals surface area contributed by atoms with Crippen LogP contribution in [0.4, 0.5) is 0 Å². The second-order valence-corrected chi connectivity index (χ2v) is 4.90. The van der Waals surface area contributed by atoms with Gasteiger partial charge in [-0.1, -0.05) is 6.92 Å². The van der Waals surface area contributed by atoms with E-state index in [2.05, 4.69) is 22.2 Å². The highest BCUT2D eigenvalue weighted by molar-refractivity contribution is 5.55. The molecule has 0 N–H and O–H groups in total. The van der Waals surface area contributed by atoms with Gasteiger partial charge >= 0.3 is 0 Å². The summed E-state index contributed by atoms with van der Waals surface area (Å²) in [5.74, 6) is 0.951. The number of aromatic nitrogens is 4. The molecule has 0 bridgehead atoms. The first-order chi connectivity index (χ1) is 9.70. The Labute approximate surface area is 116 Å². The number of aryl methyl sites for hydroxylation is 1. The Kier molecular flexibility index (Phi) is 3.31. The fourth-order valence-corrected chi connectivity index (χ4v) is 2.54. The van der Waals surface area contributed by atoms with Crippen molar-refractivity contribution in [3.8, 4) is 11.5 Å². The van der Waals surface area contributed by atoms with Crippen molar-refractivity contribution in [2.24, 2.45) is 7.05 Å². The van der Waals surface area contributed by atoms with Crippen LogP contribution in [0.25, 0.3) is 11.5 Å². The lowest BCUT2D eigenvalue weighted by Crippen LogP contribution is -2.29. The van der Waals surface area contributed by atoms with Gasteiger partial charge in [-0.3, -0.25) is 4.68 Å². The predicted octanol–water partition coefficient (Wildman–Crippen LogP) is 1.29. The molecule has 0 amide bonds. The van der Waals surface area contributed by atoms with Crippen molar-refractivity contribution >= 4 is 0 Å². The zero-order chi connectivity index (χ0) is 14.2. The Morgan fingerprint density at radius 1 is 1.45 bits per heavy atom. The average Bonchev–Trinajstić information content (AvgIpc) is 3.17. The quantitative estimate of drug-likeness (QED) is 0.839. The molecule has 0 aliphatic carbocycles. The van der Waals surface area contributed by atoms with E-state index in [1.54, 1.807) is 13.3 Å². The molecule has 1 saturated heterocycles. The number of ether oxygens (including phenoxy) is 2. The van der Waals surface area contributed by atoms with Gasteiger partial charge < -0.3 is 13.9 Å². The molecule has 2 aromatic rings. The molecular weight excluding hydrogens is 260 g/mol. The largest absolute Gasteiger partial charge is 0.417 e. The van der Waals surface area contributed by atoms with Gasteiger partial charge in [-0.15, -0.1) is 10.2 Å². The second kappa shape index (κ2) is 4.99. The molecule has 0 saturated carbocycles. The predicted molar refractivity (Wildman–Crippen MR) is 70.0 cm³/mol. The molecule has 1 unspecified atom stereocenters. The summed E-state index contributed by atoms with van der Waals surface area (Å²) in [6, 6.07) is 0. The van der Waals surface area contributed by atoms with Gasteiger partial charge in [0.25, 0.3) is 11.8 Å². The van der Waals surface area contributed by atoms with Crippen molar-refractivity contribution in [2.45, 2.75) is 25.4 Å². The average molecular weight is 278 g/mol. The first-order valence-corrected chi connectivity index (χ1v) is 6.68. The molecule has 3 rings (SSSR count). The fourth-order valence-electron chi connectivity index (χ4n) is 2.54. The molecule has 1 aliphatic rings. The smallest absolute Gasteiger partial charge is 0.251 e. The number of methoxy groups -OCH3 is 1. The van der Waals surface area contributed by atoms with Crippen LogP contribution in [-0.2, 0) is 28.5 Å². The van der Waals surface area contributed by atoms with Crippen LogP contribution in [0.1, 0.15) is 24.9 Å². The maximum absolute atomic E-state index is 5.82. The molecule has 0 aromatic carbocycles. The van der Waals surface area contributed by atoms with E-state index < -0.39 is 5.60 Å². The molecule has 1 aliphatic heterocycles. The maximum Gasteiger partial charge on any atom is 0.251 e. The van der Waals surface area contributed by atoms with E-state index in [1.165, 1.54) is 0 Å². The van der Waals surface area contributed by atoms with Gasteiger partial charge in [0.2, 0.25) is 0 Å². The zero-order valence-corrected chi connectivity index (χ0v) is 11.9.